The number of carbonyl (C=O) groups excluding carboxylic acids is 1. The Hall–Kier alpha value is -3.04. The molecule has 2 aliphatic heterocycles. The fourth-order valence-electron chi connectivity index (χ4n) is 5.03. The highest BCUT2D eigenvalue weighted by Gasteiger charge is 2.34. The molecule has 1 aromatic heterocycles. The second kappa shape index (κ2) is 8.07. The number of benzene rings is 1. The van der Waals surface area contributed by atoms with Crippen molar-refractivity contribution in [2.45, 2.75) is 71.6 Å². The van der Waals surface area contributed by atoms with Crippen LogP contribution >= 0.6 is 0 Å². The van der Waals surface area contributed by atoms with Crippen LogP contribution in [0.5, 0.6) is 0 Å². The van der Waals surface area contributed by atoms with Gasteiger partial charge in [0.15, 0.2) is 0 Å². The van der Waals surface area contributed by atoms with Crippen LogP contribution in [0.2, 0.25) is 0 Å². The van der Waals surface area contributed by atoms with Crippen molar-refractivity contribution in [1.29, 1.82) is 0 Å². The van der Waals surface area contributed by atoms with Gasteiger partial charge in [0.1, 0.15) is 11.4 Å². The molecule has 180 valence electrons. The van der Waals surface area contributed by atoms with Crippen LogP contribution < -0.4 is 27.3 Å². The predicted octanol–water partition coefficient (Wildman–Crippen LogP) is 2.26. The number of nitrogens with two attached hydrogens (primary N) is 1. The number of nitrogens with zero attached hydrogens (tertiary/aromatic N) is 3. The summed E-state index contributed by atoms with van der Waals surface area (Å²) in [4.78, 5) is 39.5. The Kier molecular flexibility index (Phi) is 5.66. The van der Waals surface area contributed by atoms with Gasteiger partial charge < -0.3 is 20.8 Å². The molecule has 1 fully saturated rings. The number of aryl methyl sites for hydroxylation is 1. The van der Waals surface area contributed by atoms with E-state index in [9.17, 15) is 14.4 Å². The molecule has 0 spiro atoms. The van der Waals surface area contributed by atoms with Crippen LogP contribution in [0.1, 0.15) is 59.1 Å². The number of rotatable bonds is 3. The molecule has 1 saturated heterocycles. The maximum Gasteiger partial charge on any atom is 0.407 e. The number of nitrogens with one attached hydrogen (secondary N) is 1. The van der Waals surface area contributed by atoms with Gasteiger partial charge >= 0.3 is 11.8 Å². The summed E-state index contributed by atoms with van der Waals surface area (Å²) >= 11 is 0. The highest BCUT2D eigenvalue weighted by Crippen LogP contribution is 2.39. The van der Waals surface area contributed by atoms with E-state index in [0.29, 0.717) is 47.4 Å². The fraction of sp³-hybridized carbons (Fsp3) is 0.609. The van der Waals surface area contributed by atoms with Gasteiger partial charge in [-0.25, -0.2) is 14.0 Å². The zero-order valence-corrected chi connectivity index (χ0v) is 19.8. The Balaban J connectivity index is 1.67. The molecule has 0 saturated carbocycles. The number of alkyl carbamates (subject to hydrolysis) is 1. The van der Waals surface area contributed by atoms with Crippen LogP contribution in [-0.4, -0.2) is 40.1 Å². The molecule has 10 heteroatoms. The Morgan fingerprint density at radius 2 is 2.00 bits per heavy atom. The first-order valence-electron chi connectivity index (χ1n) is 11.4. The van der Waals surface area contributed by atoms with Crippen molar-refractivity contribution in [1.82, 2.24) is 14.6 Å². The molecular formula is C23H32FN5O4. The van der Waals surface area contributed by atoms with Gasteiger partial charge in [-0.15, -0.1) is 0 Å². The van der Waals surface area contributed by atoms with E-state index >= 15 is 4.39 Å². The first-order valence-corrected chi connectivity index (χ1v) is 11.4. The molecule has 0 aliphatic carbocycles. The van der Waals surface area contributed by atoms with Crippen LogP contribution in [0.15, 0.2) is 15.7 Å². The summed E-state index contributed by atoms with van der Waals surface area (Å²) in [5.74, 6) is 5.29. The zero-order valence-electron chi connectivity index (χ0n) is 19.8. The second-order valence-corrected chi connectivity index (χ2v) is 10.2. The molecule has 4 rings (SSSR count). The Morgan fingerprint density at radius 1 is 1.30 bits per heavy atom. The molecule has 1 unspecified atom stereocenters. The van der Waals surface area contributed by atoms with Gasteiger partial charge in [0, 0.05) is 30.7 Å². The summed E-state index contributed by atoms with van der Waals surface area (Å²) in [5, 5.41) is 3.01. The quantitative estimate of drug-likeness (QED) is 0.679. The summed E-state index contributed by atoms with van der Waals surface area (Å²) in [5.41, 5.74) is -0.285. The van der Waals surface area contributed by atoms with E-state index in [4.69, 9.17) is 10.6 Å². The average Bonchev–Trinajstić information content (AvgIpc) is 3.19. The normalized spacial score (nSPS) is 21.3. The maximum atomic E-state index is 15.4. The van der Waals surface area contributed by atoms with Crippen molar-refractivity contribution in [3.05, 3.63) is 38.3 Å². The summed E-state index contributed by atoms with van der Waals surface area (Å²) in [6, 6.07) is 0.891. The van der Waals surface area contributed by atoms with E-state index in [1.165, 1.54) is 10.6 Å². The van der Waals surface area contributed by atoms with E-state index in [0.717, 1.165) is 6.42 Å². The molecule has 0 bridgehead atoms. The zero-order chi connectivity index (χ0) is 24.2. The minimum atomic E-state index is -0.693. The highest BCUT2D eigenvalue weighted by molar-refractivity contribution is 5.88. The molecule has 1 aromatic carbocycles. The standard InChI is InChI=1S/C23H32FN5O4/c1-12-6-7-15-18-16(20(30)29(25)22(32)28(12)18)10-17(24)19(15)27-9-8-14(11-27)13(2)26-21(31)33-23(3,4)5/h10,12-14H,6-9,11,25H2,1-5H3,(H,26,31)/t12?,13-,14-/m1/s1. The lowest BCUT2D eigenvalue weighted by Crippen LogP contribution is -2.46. The summed E-state index contributed by atoms with van der Waals surface area (Å²) < 4.78 is 22.8. The van der Waals surface area contributed by atoms with Crippen LogP contribution in [0.3, 0.4) is 0 Å². The van der Waals surface area contributed by atoms with Crippen molar-refractivity contribution >= 4 is 22.7 Å². The number of halogens is 1. The molecule has 2 aliphatic rings. The monoisotopic (exact) mass is 461 g/mol. The van der Waals surface area contributed by atoms with E-state index in [1.807, 2.05) is 39.5 Å². The Bertz CT molecular complexity index is 1230. The van der Waals surface area contributed by atoms with Gasteiger partial charge in [0.2, 0.25) is 0 Å². The van der Waals surface area contributed by atoms with Crippen molar-refractivity contribution in [3.63, 3.8) is 0 Å². The van der Waals surface area contributed by atoms with Crippen molar-refractivity contribution in [2.75, 3.05) is 23.8 Å². The first kappa shape index (κ1) is 23.1. The number of hydrogen-bond acceptors (Lipinski definition) is 6. The Labute approximate surface area is 191 Å². The van der Waals surface area contributed by atoms with Gasteiger partial charge in [-0.05, 0) is 65.9 Å². The van der Waals surface area contributed by atoms with Crippen molar-refractivity contribution < 1.29 is 13.9 Å². The number of carbonyl (C=O) groups is 1. The van der Waals surface area contributed by atoms with E-state index < -0.39 is 28.8 Å². The topological polar surface area (TPSA) is 112 Å². The molecule has 0 radical (unpaired) electrons. The van der Waals surface area contributed by atoms with Crippen molar-refractivity contribution in [2.24, 2.45) is 5.92 Å². The Morgan fingerprint density at radius 3 is 2.67 bits per heavy atom. The largest absolute Gasteiger partial charge is 0.444 e. The number of ether oxygens (including phenoxy) is 1. The molecule has 33 heavy (non-hydrogen) atoms. The molecule has 1 amide bonds. The average molecular weight is 462 g/mol. The van der Waals surface area contributed by atoms with Gasteiger partial charge in [-0.3, -0.25) is 9.36 Å². The third-order valence-corrected chi connectivity index (χ3v) is 6.67. The van der Waals surface area contributed by atoms with Crippen LogP contribution in [0.25, 0.3) is 10.9 Å². The molecule has 2 aromatic rings. The maximum absolute atomic E-state index is 15.4. The third kappa shape index (κ3) is 4.06. The van der Waals surface area contributed by atoms with Crippen molar-refractivity contribution in [3.8, 4) is 0 Å². The number of anilines is 1. The van der Waals surface area contributed by atoms with E-state index in [1.54, 1.807) is 0 Å². The van der Waals surface area contributed by atoms with Crippen LogP contribution in [0, 0.1) is 11.7 Å². The van der Waals surface area contributed by atoms with Gasteiger partial charge in [0.25, 0.3) is 5.56 Å². The van der Waals surface area contributed by atoms with Crippen LogP contribution in [0.4, 0.5) is 14.9 Å². The number of hydrogen-bond donors (Lipinski definition) is 2. The lowest BCUT2D eigenvalue weighted by Gasteiger charge is -2.31. The van der Waals surface area contributed by atoms with E-state index in [-0.39, 0.29) is 23.4 Å². The number of amides is 1. The summed E-state index contributed by atoms with van der Waals surface area (Å²) in [6.45, 7) is 10.4. The van der Waals surface area contributed by atoms with Gasteiger partial charge in [0.05, 0.1) is 16.6 Å². The SMILES string of the molecule is CC1CCc2c(N3CC[C@@H]([C@@H](C)NC(=O)OC(C)(C)C)C3)c(F)cc3c(=O)n(N)c(=O)n1c23. The van der Waals surface area contributed by atoms with E-state index in [2.05, 4.69) is 5.32 Å². The van der Waals surface area contributed by atoms with Gasteiger partial charge in [-0.2, -0.15) is 4.68 Å². The minimum Gasteiger partial charge on any atom is -0.444 e. The number of aromatic nitrogens is 2. The fourth-order valence-corrected chi connectivity index (χ4v) is 5.03. The second-order valence-electron chi connectivity index (χ2n) is 10.2. The molecule has 3 atom stereocenters. The smallest absolute Gasteiger partial charge is 0.407 e. The lowest BCUT2D eigenvalue weighted by molar-refractivity contribution is 0.0494. The van der Waals surface area contributed by atoms with Crippen LogP contribution in [-0.2, 0) is 11.2 Å². The highest BCUT2D eigenvalue weighted by atomic mass is 19.1. The lowest BCUT2D eigenvalue weighted by atomic mass is 9.95. The molecule has 3 heterocycles. The summed E-state index contributed by atoms with van der Waals surface area (Å²) in [6.07, 6.45) is 1.49. The summed E-state index contributed by atoms with van der Waals surface area (Å²) in [7, 11) is 0. The third-order valence-electron chi connectivity index (χ3n) is 6.67. The minimum absolute atomic E-state index is 0.0987. The molecular weight excluding hydrogens is 429 g/mol. The van der Waals surface area contributed by atoms with Gasteiger partial charge in [-0.1, -0.05) is 0 Å². The first-order chi connectivity index (χ1) is 15.4. The molecule has 9 nitrogen and oxygen atoms in total. The molecule has 3 N–H and O–H groups in total. The predicted molar refractivity (Wildman–Crippen MR) is 125 cm³/mol. The number of nitrogen functional groups attached to an aromatic ring is 1.